The highest BCUT2D eigenvalue weighted by atomic mass is 31.2. The van der Waals surface area contributed by atoms with Crippen molar-refractivity contribution in [2.75, 3.05) is 44.0 Å². The smallest absolute Gasteiger partial charge is 0.475 e. The van der Waals surface area contributed by atoms with E-state index in [1.807, 2.05) is 53.7 Å². The lowest BCUT2D eigenvalue weighted by Crippen LogP contribution is -2.43. The van der Waals surface area contributed by atoms with Gasteiger partial charge in [-0.05, 0) is 85.1 Å². The third-order valence-corrected chi connectivity index (χ3v) is 10.1. The van der Waals surface area contributed by atoms with Gasteiger partial charge in [0.15, 0.2) is 17.3 Å². The Balaban J connectivity index is 1.16. The van der Waals surface area contributed by atoms with Gasteiger partial charge in [0.05, 0.1) is 43.5 Å². The molecule has 0 atom stereocenters. The lowest BCUT2D eigenvalue weighted by molar-refractivity contribution is -0.115. The lowest BCUT2D eigenvalue weighted by atomic mass is 9.91. The van der Waals surface area contributed by atoms with Crippen molar-refractivity contribution in [3.63, 3.8) is 0 Å². The SMILES string of the molecule is COc1cc2c(Nc3cc(CC(=O)Nc4cccc(F)c4)[nH]n3)ncnc2cc1OCCCN(CCOP(=O)(OC(C)(C)C)OC(C)(C)C)C1CCC1. The number of nitrogens with one attached hydrogen (secondary N) is 3. The minimum atomic E-state index is -3.79. The van der Waals surface area contributed by atoms with E-state index in [1.54, 1.807) is 19.2 Å². The van der Waals surface area contributed by atoms with Gasteiger partial charge in [0.25, 0.3) is 0 Å². The van der Waals surface area contributed by atoms with Crippen LogP contribution in [-0.2, 0) is 29.4 Å². The zero-order valence-electron chi connectivity index (χ0n) is 31.5. The Morgan fingerprint density at radius 3 is 2.42 bits per heavy atom. The fraction of sp³-hybridized carbons (Fsp3) is 0.514. The van der Waals surface area contributed by atoms with Crippen LogP contribution < -0.4 is 20.1 Å². The molecule has 1 saturated carbocycles. The van der Waals surface area contributed by atoms with E-state index in [2.05, 4.69) is 35.7 Å². The van der Waals surface area contributed by atoms with Crippen LogP contribution in [0.15, 0.2) is 48.8 Å². The number of H-pyrrole nitrogens is 1. The van der Waals surface area contributed by atoms with E-state index >= 15 is 0 Å². The van der Waals surface area contributed by atoms with Crippen molar-refractivity contribution in [2.24, 2.45) is 0 Å². The molecule has 14 nitrogen and oxygen atoms in total. The molecule has 0 spiro atoms. The molecular formula is C37H51FN7O7P. The summed E-state index contributed by atoms with van der Waals surface area (Å²) in [7, 11) is -2.22. The number of methoxy groups -OCH3 is 1. The summed E-state index contributed by atoms with van der Waals surface area (Å²) in [6.07, 6.45) is 5.59. The van der Waals surface area contributed by atoms with Crippen molar-refractivity contribution in [2.45, 2.75) is 90.9 Å². The third-order valence-electron chi connectivity index (χ3n) is 8.10. The summed E-state index contributed by atoms with van der Waals surface area (Å²) in [5.74, 6) is 1.26. The van der Waals surface area contributed by atoms with Gasteiger partial charge in [0.2, 0.25) is 5.91 Å². The lowest BCUT2D eigenvalue weighted by Gasteiger charge is -2.38. The van der Waals surface area contributed by atoms with Crippen molar-refractivity contribution < 1.29 is 36.8 Å². The largest absolute Gasteiger partial charge is 0.493 e. The molecule has 1 aliphatic carbocycles. The molecule has 0 aliphatic heterocycles. The number of phosphoric ester groups is 1. The van der Waals surface area contributed by atoms with E-state index in [9.17, 15) is 13.8 Å². The van der Waals surface area contributed by atoms with E-state index < -0.39 is 24.8 Å². The Kier molecular flexibility index (Phi) is 13.1. The Morgan fingerprint density at radius 1 is 1.00 bits per heavy atom. The summed E-state index contributed by atoms with van der Waals surface area (Å²) in [5, 5.41) is 13.7. The van der Waals surface area contributed by atoms with Gasteiger partial charge in [-0.2, -0.15) is 5.10 Å². The summed E-state index contributed by atoms with van der Waals surface area (Å²) in [5.41, 5.74) is 0.172. The highest BCUT2D eigenvalue weighted by Gasteiger charge is 2.37. The fourth-order valence-corrected chi connectivity index (χ4v) is 7.50. The van der Waals surface area contributed by atoms with Crippen molar-refractivity contribution >= 4 is 42.0 Å². The number of rotatable bonds is 18. The fourth-order valence-electron chi connectivity index (χ4n) is 5.71. The van der Waals surface area contributed by atoms with Gasteiger partial charge in [0.1, 0.15) is 18.0 Å². The summed E-state index contributed by atoms with van der Waals surface area (Å²) in [6.45, 7) is 12.9. The second-order valence-corrected chi connectivity index (χ2v) is 16.4. The maximum Gasteiger partial charge on any atom is 0.475 e. The molecule has 2 aromatic heterocycles. The Bertz CT molecular complexity index is 1870. The second-order valence-electron chi connectivity index (χ2n) is 14.9. The number of phosphoric acid groups is 1. The molecule has 0 radical (unpaired) electrons. The number of aromatic amines is 1. The van der Waals surface area contributed by atoms with Crippen LogP contribution in [0, 0.1) is 5.82 Å². The molecule has 53 heavy (non-hydrogen) atoms. The summed E-state index contributed by atoms with van der Waals surface area (Å²) in [6, 6.07) is 11.5. The first-order chi connectivity index (χ1) is 25.1. The van der Waals surface area contributed by atoms with Gasteiger partial charge >= 0.3 is 7.82 Å². The molecule has 3 N–H and O–H groups in total. The van der Waals surface area contributed by atoms with Gasteiger partial charge in [-0.15, -0.1) is 0 Å². The molecule has 288 valence electrons. The van der Waals surface area contributed by atoms with Crippen LogP contribution in [0.25, 0.3) is 10.9 Å². The first kappa shape index (κ1) is 40.1. The minimum absolute atomic E-state index is 0.0112. The number of amides is 1. The maximum absolute atomic E-state index is 13.5. The van der Waals surface area contributed by atoms with Gasteiger partial charge in [-0.1, -0.05) is 12.5 Å². The van der Waals surface area contributed by atoms with Crippen LogP contribution in [-0.4, -0.2) is 81.6 Å². The quantitative estimate of drug-likeness (QED) is 0.0668. The molecule has 1 aliphatic rings. The summed E-state index contributed by atoms with van der Waals surface area (Å²) >= 11 is 0. The van der Waals surface area contributed by atoms with E-state index in [-0.39, 0.29) is 18.9 Å². The van der Waals surface area contributed by atoms with Crippen LogP contribution in [0.1, 0.15) is 72.9 Å². The molecular weight excluding hydrogens is 704 g/mol. The number of carbonyl (C=O) groups excluding carboxylic acids is 1. The molecule has 0 saturated heterocycles. The van der Waals surface area contributed by atoms with Gasteiger partial charge in [0, 0.05) is 48.0 Å². The number of ether oxygens (including phenoxy) is 2. The number of aromatic nitrogens is 4. The minimum Gasteiger partial charge on any atom is -0.493 e. The van der Waals surface area contributed by atoms with Crippen molar-refractivity contribution in [1.82, 2.24) is 25.1 Å². The van der Waals surface area contributed by atoms with Crippen LogP contribution in [0.5, 0.6) is 11.5 Å². The number of fused-ring (bicyclic) bond motifs is 1. The number of benzene rings is 2. The first-order valence-electron chi connectivity index (χ1n) is 17.8. The summed E-state index contributed by atoms with van der Waals surface area (Å²) < 4.78 is 56.3. The van der Waals surface area contributed by atoms with E-state index in [0.29, 0.717) is 64.6 Å². The van der Waals surface area contributed by atoms with Crippen molar-refractivity contribution in [3.8, 4) is 11.5 Å². The van der Waals surface area contributed by atoms with Crippen molar-refractivity contribution in [3.05, 3.63) is 60.3 Å². The molecule has 2 heterocycles. The molecule has 4 aromatic rings. The van der Waals surface area contributed by atoms with Gasteiger partial charge < -0.3 is 20.1 Å². The second kappa shape index (κ2) is 17.3. The highest BCUT2D eigenvalue weighted by molar-refractivity contribution is 7.48. The zero-order valence-corrected chi connectivity index (χ0v) is 32.4. The van der Waals surface area contributed by atoms with Crippen LogP contribution in [0.4, 0.5) is 21.7 Å². The number of halogens is 1. The Hall–Kier alpha value is -4.14. The van der Waals surface area contributed by atoms with Crippen LogP contribution in [0.3, 0.4) is 0 Å². The highest BCUT2D eigenvalue weighted by Crippen LogP contribution is 2.55. The maximum atomic E-state index is 13.5. The topological polar surface area (TPSA) is 162 Å². The summed E-state index contributed by atoms with van der Waals surface area (Å²) in [4.78, 5) is 23.7. The third kappa shape index (κ3) is 12.2. The predicted octanol–water partition coefficient (Wildman–Crippen LogP) is 7.80. The molecule has 1 amide bonds. The standard InChI is InChI=1S/C37H51FN7O7P/c1-36(2,3)51-53(47,52-37(4,5)6)50-18-16-45(28-13-9-14-28)15-10-17-49-32-23-30-29(22-31(32)48-7)35(40-24-39-30)42-33-20-27(43-44-33)21-34(46)41-26-12-8-11-25(38)19-26/h8,11-12,19-20,22-24,28H,9-10,13-18,21H2,1-7H3,(H,41,46)(H2,39,40,42,43,44). The normalized spacial score (nSPS) is 14.0. The van der Waals surface area contributed by atoms with Gasteiger partial charge in [-0.25, -0.2) is 18.9 Å². The Labute approximate surface area is 310 Å². The van der Waals surface area contributed by atoms with E-state index in [0.717, 1.165) is 25.8 Å². The van der Waals surface area contributed by atoms with E-state index in [4.69, 9.17) is 23.0 Å². The molecule has 16 heteroatoms. The average molecular weight is 756 g/mol. The molecule has 1 fully saturated rings. The number of hydrogen-bond acceptors (Lipinski definition) is 12. The Morgan fingerprint density at radius 2 is 1.75 bits per heavy atom. The van der Waals surface area contributed by atoms with E-state index in [1.165, 1.54) is 30.9 Å². The molecule has 2 aromatic carbocycles. The zero-order chi connectivity index (χ0) is 38.2. The number of hydrogen-bond donors (Lipinski definition) is 3. The first-order valence-corrected chi connectivity index (χ1v) is 19.3. The monoisotopic (exact) mass is 755 g/mol. The van der Waals surface area contributed by atoms with Crippen molar-refractivity contribution in [1.29, 1.82) is 0 Å². The number of anilines is 3. The number of carbonyl (C=O) groups is 1. The van der Waals surface area contributed by atoms with Gasteiger partial charge in [-0.3, -0.25) is 28.4 Å². The molecule has 0 unspecified atom stereocenters. The van der Waals surface area contributed by atoms with Crippen LogP contribution in [0.2, 0.25) is 0 Å². The van der Waals surface area contributed by atoms with Crippen LogP contribution >= 0.6 is 7.82 Å². The average Bonchev–Trinajstić information content (AvgIpc) is 3.46. The molecule has 5 rings (SSSR count). The predicted molar refractivity (Wildman–Crippen MR) is 201 cm³/mol. The number of nitrogens with zero attached hydrogens (tertiary/aromatic N) is 4. The molecule has 0 bridgehead atoms.